The molecule has 3 saturated heterocycles. The molecule has 1 aromatic rings. The smallest absolute Gasteiger partial charge is 0.366 e. The van der Waals surface area contributed by atoms with E-state index in [1.54, 1.807) is 4.90 Å². The fourth-order valence-electron chi connectivity index (χ4n) is 5.81. The Morgan fingerprint density at radius 1 is 1.15 bits per heavy atom. The second kappa shape index (κ2) is 8.11. The van der Waals surface area contributed by atoms with Crippen LogP contribution >= 0.6 is 0 Å². The number of sulfone groups is 1. The number of benzene rings is 1. The molecule has 1 saturated carbocycles. The standard InChI is InChI=1S/C22H26F3N3O5S/c23-22(24,25)34(31,32)16-3-1-14(2-4-16)7-15-8-21(9-15)12-28(13-21)20(30)27-6-5-18-17(10-27)26-19(29)11-33-18/h1-4,15,17-18H,5-13H2,(H,26,29)/t17-,18+/m1/s1. The number of halogens is 3. The summed E-state index contributed by atoms with van der Waals surface area (Å²) in [6.07, 6.45) is 3.17. The number of hydrogen-bond donors (Lipinski definition) is 1. The Balaban J connectivity index is 1.09. The molecule has 1 aliphatic carbocycles. The summed E-state index contributed by atoms with van der Waals surface area (Å²) in [4.78, 5) is 27.3. The molecule has 3 aliphatic heterocycles. The molecule has 1 spiro atoms. The summed E-state index contributed by atoms with van der Waals surface area (Å²) >= 11 is 0. The van der Waals surface area contributed by atoms with Crippen molar-refractivity contribution in [2.24, 2.45) is 11.3 Å². The van der Waals surface area contributed by atoms with Crippen molar-refractivity contribution in [3.8, 4) is 0 Å². The summed E-state index contributed by atoms with van der Waals surface area (Å²) in [6, 6.07) is 4.72. The van der Waals surface area contributed by atoms with Gasteiger partial charge in [-0.25, -0.2) is 13.2 Å². The van der Waals surface area contributed by atoms with Gasteiger partial charge in [-0.15, -0.1) is 0 Å². The molecule has 0 aromatic heterocycles. The minimum absolute atomic E-state index is 0.0196. The molecule has 12 heteroatoms. The molecule has 2 atom stereocenters. The molecule has 8 nitrogen and oxygen atoms in total. The molecule has 34 heavy (non-hydrogen) atoms. The minimum Gasteiger partial charge on any atom is -0.366 e. The normalized spacial score (nSPS) is 27.0. The van der Waals surface area contributed by atoms with Crippen molar-refractivity contribution in [1.29, 1.82) is 0 Å². The average molecular weight is 502 g/mol. The number of likely N-dealkylation sites (tertiary alicyclic amines) is 2. The SMILES string of the molecule is O=C1CO[C@H]2CCN(C(=O)N3CC4(CC(Cc5ccc(S(=O)(=O)C(F)(F)F)cc5)C4)C3)C[C@H]2N1. The van der Waals surface area contributed by atoms with E-state index in [4.69, 9.17) is 4.74 Å². The minimum atomic E-state index is -5.33. The van der Waals surface area contributed by atoms with Gasteiger partial charge in [-0.05, 0) is 49.3 Å². The monoisotopic (exact) mass is 501 g/mol. The van der Waals surface area contributed by atoms with Gasteiger partial charge in [0.15, 0.2) is 0 Å². The molecule has 1 N–H and O–H groups in total. The van der Waals surface area contributed by atoms with Crippen molar-refractivity contribution >= 4 is 21.8 Å². The Morgan fingerprint density at radius 2 is 1.82 bits per heavy atom. The Bertz CT molecular complexity index is 1080. The van der Waals surface area contributed by atoms with Crippen molar-refractivity contribution in [1.82, 2.24) is 15.1 Å². The maximum Gasteiger partial charge on any atom is 0.501 e. The zero-order chi connectivity index (χ0) is 24.3. The van der Waals surface area contributed by atoms with Crippen molar-refractivity contribution < 1.29 is 35.9 Å². The van der Waals surface area contributed by atoms with Crippen LogP contribution in [0.3, 0.4) is 0 Å². The second-order valence-corrected chi connectivity index (χ2v) is 11.9. The first-order chi connectivity index (χ1) is 16.0. The summed E-state index contributed by atoms with van der Waals surface area (Å²) in [5.41, 5.74) is -4.41. The van der Waals surface area contributed by atoms with Gasteiger partial charge in [0.1, 0.15) is 6.61 Å². The van der Waals surface area contributed by atoms with Crippen LogP contribution in [0, 0.1) is 11.3 Å². The van der Waals surface area contributed by atoms with Crippen LogP contribution in [0.1, 0.15) is 24.8 Å². The number of morpholine rings is 1. The van der Waals surface area contributed by atoms with Gasteiger partial charge in [-0.1, -0.05) is 12.1 Å². The molecule has 1 aromatic carbocycles. The van der Waals surface area contributed by atoms with Gasteiger partial charge in [-0.2, -0.15) is 13.2 Å². The van der Waals surface area contributed by atoms with Gasteiger partial charge in [0.2, 0.25) is 5.91 Å². The van der Waals surface area contributed by atoms with Crippen molar-refractivity contribution in [3.63, 3.8) is 0 Å². The molecule has 5 rings (SSSR count). The lowest BCUT2D eigenvalue weighted by Gasteiger charge is -2.60. The van der Waals surface area contributed by atoms with E-state index in [2.05, 4.69) is 5.32 Å². The maximum absolute atomic E-state index is 12.9. The first-order valence-electron chi connectivity index (χ1n) is 11.3. The number of amides is 3. The third-order valence-electron chi connectivity index (χ3n) is 7.42. The van der Waals surface area contributed by atoms with Crippen LogP contribution in [0.5, 0.6) is 0 Å². The highest BCUT2D eigenvalue weighted by atomic mass is 32.2. The molecule has 4 fully saturated rings. The zero-order valence-electron chi connectivity index (χ0n) is 18.4. The quantitative estimate of drug-likeness (QED) is 0.683. The number of fused-ring (bicyclic) bond motifs is 1. The third-order valence-corrected chi connectivity index (χ3v) is 8.93. The van der Waals surface area contributed by atoms with E-state index in [0.29, 0.717) is 44.9 Å². The number of carbonyl (C=O) groups excluding carboxylic acids is 2. The zero-order valence-corrected chi connectivity index (χ0v) is 19.2. The van der Waals surface area contributed by atoms with Crippen LogP contribution in [0.25, 0.3) is 0 Å². The third kappa shape index (κ3) is 4.15. The average Bonchev–Trinajstić information content (AvgIpc) is 2.73. The van der Waals surface area contributed by atoms with Crippen LogP contribution < -0.4 is 5.32 Å². The topological polar surface area (TPSA) is 96.0 Å². The summed E-state index contributed by atoms with van der Waals surface area (Å²) in [5.74, 6) is 0.197. The number of alkyl halides is 3. The summed E-state index contributed by atoms with van der Waals surface area (Å²) in [7, 11) is -5.33. The first kappa shape index (κ1) is 23.4. The predicted molar refractivity (Wildman–Crippen MR) is 113 cm³/mol. The van der Waals surface area contributed by atoms with Crippen LogP contribution in [0.4, 0.5) is 18.0 Å². The number of carbonyl (C=O) groups is 2. The lowest BCUT2D eigenvalue weighted by atomic mass is 9.56. The number of nitrogens with one attached hydrogen (secondary N) is 1. The molecule has 3 amide bonds. The number of rotatable bonds is 3. The molecule has 186 valence electrons. The van der Waals surface area contributed by atoms with Crippen molar-refractivity contribution in [2.75, 3.05) is 32.8 Å². The molecule has 0 bridgehead atoms. The predicted octanol–water partition coefficient (Wildman–Crippen LogP) is 1.94. The molecule has 0 radical (unpaired) electrons. The number of nitrogens with zero attached hydrogens (tertiary/aromatic N) is 2. The highest BCUT2D eigenvalue weighted by Crippen LogP contribution is 2.53. The number of ether oxygens (including phenoxy) is 1. The van der Waals surface area contributed by atoms with Gasteiger partial charge in [0.25, 0.3) is 9.84 Å². The van der Waals surface area contributed by atoms with E-state index in [1.165, 1.54) is 12.1 Å². The fourth-order valence-corrected chi connectivity index (χ4v) is 6.57. The van der Waals surface area contributed by atoms with Gasteiger partial charge in [0.05, 0.1) is 17.0 Å². The fraction of sp³-hybridized carbons (Fsp3) is 0.636. The highest BCUT2D eigenvalue weighted by molar-refractivity contribution is 7.92. The molecule has 4 aliphatic rings. The van der Waals surface area contributed by atoms with E-state index < -0.39 is 20.2 Å². The van der Waals surface area contributed by atoms with Crippen LogP contribution in [-0.4, -0.2) is 80.6 Å². The summed E-state index contributed by atoms with van der Waals surface area (Å²) in [5, 5.41) is 2.90. The Morgan fingerprint density at radius 3 is 2.47 bits per heavy atom. The van der Waals surface area contributed by atoms with E-state index in [1.807, 2.05) is 4.90 Å². The van der Waals surface area contributed by atoms with E-state index >= 15 is 0 Å². The Labute approximate surface area is 195 Å². The number of hydrogen-bond acceptors (Lipinski definition) is 5. The number of piperidine rings is 1. The van der Waals surface area contributed by atoms with Crippen LogP contribution in [0.2, 0.25) is 0 Å². The van der Waals surface area contributed by atoms with E-state index in [0.717, 1.165) is 30.5 Å². The van der Waals surface area contributed by atoms with Crippen LogP contribution in [-0.2, 0) is 25.8 Å². The van der Waals surface area contributed by atoms with Gasteiger partial charge in [-0.3, -0.25) is 4.79 Å². The Kier molecular flexibility index (Phi) is 5.58. The largest absolute Gasteiger partial charge is 0.501 e. The molecule has 3 heterocycles. The molecular weight excluding hydrogens is 475 g/mol. The molecular formula is C22H26F3N3O5S. The molecule has 0 unspecified atom stereocenters. The van der Waals surface area contributed by atoms with E-state index in [-0.39, 0.29) is 36.1 Å². The summed E-state index contributed by atoms with van der Waals surface area (Å²) < 4.78 is 66.5. The maximum atomic E-state index is 12.9. The van der Waals surface area contributed by atoms with Gasteiger partial charge < -0.3 is 19.9 Å². The first-order valence-corrected chi connectivity index (χ1v) is 12.8. The lowest BCUT2D eigenvalue weighted by Crippen LogP contribution is -2.68. The lowest BCUT2D eigenvalue weighted by molar-refractivity contribution is -0.140. The number of urea groups is 1. The Hall–Kier alpha value is -2.34. The second-order valence-electron chi connectivity index (χ2n) is 9.97. The highest BCUT2D eigenvalue weighted by Gasteiger charge is 2.54. The summed E-state index contributed by atoms with van der Waals surface area (Å²) in [6.45, 7) is 2.47. The van der Waals surface area contributed by atoms with Gasteiger partial charge >= 0.3 is 11.5 Å². The van der Waals surface area contributed by atoms with Crippen molar-refractivity contribution in [3.05, 3.63) is 29.8 Å². The van der Waals surface area contributed by atoms with E-state index in [9.17, 15) is 31.2 Å². The van der Waals surface area contributed by atoms with Crippen LogP contribution in [0.15, 0.2) is 29.2 Å². The van der Waals surface area contributed by atoms with Crippen molar-refractivity contribution in [2.45, 2.75) is 48.2 Å². The van der Waals surface area contributed by atoms with Gasteiger partial charge in [0, 0.05) is 31.6 Å².